The van der Waals surface area contributed by atoms with Gasteiger partial charge in [0.1, 0.15) is 17.6 Å². The first kappa shape index (κ1) is 25.5. The number of rotatable bonds is 6. The molecule has 3 saturated heterocycles. The summed E-state index contributed by atoms with van der Waals surface area (Å²) in [5.74, 6) is 1.45. The van der Waals surface area contributed by atoms with E-state index in [9.17, 15) is 15.0 Å². The zero-order chi connectivity index (χ0) is 22.9. The van der Waals surface area contributed by atoms with Crippen molar-refractivity contribution in [1.29, 1.82) is 0 Å². The van der Waals surface area contributed by atoms with Crippen molar-refractivity contribution < 1.29 is 24.5 Å². The van der Waals surface area contributed by atoms with Crippen molar-refractivity contribution in [3.8, 4) is 0 Å². The van der Waals surface area contributed by atoms with E-state index >= 15 is 0 Å². The van der Waals surface area contributed by atoms with E-state index in [0.29, 0.717) is 24.4 Å². The molecule has 0 aromatic rings. The molecule has 3 N–H and O–H groups in total. The minimum atomic E-state index is -0.955. The van der Waals surface area contributed by atoms with Crippen molar-refractivity contribution >= 4 is 29.3 Å². The lowest BCUT2D eigenvalue weighted by Crippen LogP contribution is -2.59. The Hall–Kier alpha value is -0.0900. The SMILES string of the molecule is CSC1O[C@H]([C@H](NC(=O)[C@@H]2[C@@H]3OCCC(C(C)C)C[C@H]3CN2C)[C@H](C)Cl)C[C@@H](O)C1O. The fourth-order valence-corrected chi connectivity index (χ4v) is 6.33. The Morgan fingerprint density at radius 2 is 1.97 bits per heavy atom. The van der Waals surface area contributed by atoms with Crippen molar-refractivity contribution in [2.75, 3.05) is 26.5 Å². The summed E-state index contributed by atoms with van der Waals surface area (Å²) in [6.07, 6.45) is 1.69. The molecule has 0 bridgehead atoms. The molecule has 10 atom stereocenters. The highest BCUT2D eigenvalue weighted by Crippen LogP contribution is 2.37. The van der Waals surface area contributed by atoms with Gasteiger partial charge in [0.25, 0.3) is 0 Å². The lowest BCUT2D eigenvalue weighted by atomic mass is 9.83. The van der Waals surface area contributed by atoms with E-state index in [4.69, 9.17) is 21.1 Å². The summed E-state index contributed by atoms with van der Waals surface area (Å²) in [5, 5.41) is 23.1. The summed E-state index contributed by atoms with van der Waals surface area (Å²) in [4.78, 5) is 15.5. The quantitative estimate of drug-likeness (QED) is 0.500. The first-order valence-electron chi connectivity index (χ1n) is 11.4. The largest absolute Gasteiger partial charge is 0.390 e. The van der Waals surface area contributed by atoms with Crippen LogP contribution in [-0.2, 0) is 14.3 Å². The summed E-state index contributed by atoms with van der Waals surface area (Å²) in [5.41, 5.74) is -0.555. The number of nitrogens with zero attached hydrogens (tertiary/aromatic N) is 1. The van der Waals surface area contributed by atoms with E-state index in [0.717, 1.165) is 19.4 Å². The summed E-state index contributed by atoms with van der Waals surface area (Å²) >= 11 is 7.80. The van der Waals surface area contributed by atoms with Gasteiger partial charge in [-0.1, -0.05) is 13.8 Å². The van der Waals surface area contributed by atoms with Gasteiger partial charge in [-0.05, 0) is 44.9 Å². The third-order valence-electron chi connectivity index (χ3n) is 7.28. The second kappa shape index (κ2) is 10.9. The number of ether oxygens (including phenoxy) is 2. The second-order valence-electron chi connectivity index (χ2n) is 9.79. The molecule has 180 valence electrons. The van der Waals surface area contributed by atoms with E-state index in [1.165, 1.54) is 11.8 Å². The van der Waals surface area contributed by atoms with Crippen LogP contribution in [0, 0.1) is 17.8 Å². The number of hydrogen-bond acceptors (Lipinski definition) is 7. The predicted octanol–water partition coefficient (Wildman–Crippen LogP) is 1.68. The Morgan fingerprint density at radius 3 is 2.58 bits per heavy atom. The lowest BCUT2D eigenvalue weighted by Gasteiger charge is -2.41. The zero-order valence-electron chi connectivity index (χ0n) is 19.2. The van der Waals surface area contributed by atoms with Crippen LogP contribution in [0.5, 0.6) is 0 Å². The smallest absolute Gasteiger partial charge is 0.240 e. The van der Waals surface area contributed by atoms with Gasteiger partial charge in [0.15, 0.2) is 0 Å². The standard InChI is InChI=1S/C22H39ClN2O5S/c1-11(2)13-6-7-29-20-14(8-13)10-25(4)18(20)21(28)24-17(12(3)23)16-9-15(26)19(27)22(30-16)31-5/h11-20,22,26-27H,6-10H2,1-5H3,(H,24,28)/t12-,13?,14-,15+,16-,17+,18-,19?,20+,22?/m0/s1. The Kier molecular flexibility index (Phi) is 8.97. The average molecular weight is 479 g/mol. The first-order chi connectivity index (χ1) is 14.6. The molecule has 3 unspecified atom stereocenters. The van der Waals surface area contributed by atoms with Gasteiger partial charge >= 0.3 is 0 Å². The molecule has 0 aromatic heterocycles. The molecule has 0 aliphatic carbocycles. The Bertz CT molecular complexity index is 612. The van der Waals surface area contributed by atoms with Crippen LogP contribution in [0.3, 0.4) is 0 Å². The van der Waals surface area contributed by atoms with E-state index in [-0.39, 0.29) is 24.5 Å². The summed E-state index contributed by atoms with van der Waals surface area (Å²) in [7, 11) is 1.98. The third-order valence-corrected chi connectivity index (χ3v) is 8.41. The number of likely N-dealkylation sites (N-methyl/N-ethyl adjacent to an activating group) is 1. The van der Waals surface area contributed by atoms with Crippen LogP contribution in [0.15, 0.2) is 0 Å². The Labute approximate surface area is 195 Å². The molecule has 7 nitrogen and oxygen atoms in total. The van der Waals surface area contributed by atoms with Crippen molar-refractivity contribution in [3.05, 3.63) is 0 Å². The molecule has 31 heavy (non-hydrogen) atoms. The van der Waals surface area contributed by atoms with Crippen LogP contribution in [0.2, 0.25) is 0 Å². The van der Waals surface area contributed by atoms with Gasteiger partial charge in [-0.2, -0.15) is 0 Å². The number of carbonyl (C=O) groups excluding carboxylic acids is 1. The summed E-state index contributed by atoms with van der Waals surface area (Å²) in [6, 6.07) is -0.850. The highest BCUT2D eigenvalue weighted by atomic mass is 35.5. The molecule has 0 aromatic carbocycles. The van der Waals surface area contributed by atoms with Gasteiger partial charge in [-0.25, -0.2) is 0 Å². The maximum atomic E-state index is 13.4. The number of likely N-dealkylation sites (tertiary alicyclic amines) is 1. The number of hydrogen-bond donors (Lipinski definition) is 3. The van der Waals surface area contributed by atoms with E-state index in [2.05, 4.69) is 24.1 Å². The maximum Gasteiger partial charge on any atom is 0.240 e. The number of thioether (sulfide) groups is 1. The van der Waals surface area contributed by atoms with Crippen molar-refractivity contribution in [1.82, 2.24) is 10.2 Å². The van der Waals surface area contributed by atoms with Gasteiger partial charge < -0.3 is 25.0 Å². The molecule has 3 aliphatic rings. The number of amides is 1. The van der Waals surface area contributed by atoms with Crippen LogP contribution >= 0.6 is 23.4 Å². The number of fused-ring (bicyclic) bond motifs is 1. The summed E-state index contributed by atoms with van der Waals surface area (Å²) in [6.45, 7) is 7.86. The monoisotopic (exact) mass is 478 g/mol. The van der Waals surface area contributed by atoms with Crippen molar-refractivity contribution in [2.45, 2.75) is 87.3 Å². The Balaban J connectivity index is 1.71. The number of halogens is 1. The molecule has 3 fully saturated rings. The number of alkyl halides is 1. The normalized spacial score (nSPS) is 41.5. The molecule has 0 spiro atoms. The number of aliphatic hydroxyl groups excluding tert-OH is 2. The van der Waals surface area contributed by atoms with Crippen LogP contribution in [0.4, 0.5) is 0 Å². The second-order valence-corrected chi connectivity index (χ2v) is 11.4. The molecular weight excluding hydrogens is 440 g/mol. The fourth-order valence-electron chi connectivity index (χ4n) is 5.40. The topological polar surface area (TPSA) is 91.3 Å². The van der Waals surface area contributed by atoms with Gasteiger partial charge in [0, 0.05) is 25.5 Å². The van der Waals surface area contributed by atoms with Gasteiger partial charge in [-0.3, -0.25) is 9.69 Å². The minimum Gasteiger partial charge on any atom is -0.390 e. The van der Waals surface area contributed by atoms with Crippen LogP contribution in [0.25, 0.3) is 0 Å². The molecule has 3 heterocycles. The van der Waals surface area contributed by atoms with Gasteiger partial charge in [0.2, 0.25) is 5.91 Å². The van der Waals surface area contributed by atoms with Crippen molar-refractivity contribution in [3.63, 3.8) is 0 Å². The molecule has 0 saturated carbocycles. The van der Waals surface area contributed by atoms with Crippen LogP contribution in [-0.4, -0.2) is 94.8 Å². The molecule has 0 radical (unpaired) electrons. The number of aliphatic hydroxyl groups is 2. The Morgan fingerprint density at radius 1 is 1.26 bits per heavy atom. The van der Waals surface area contributed by atoms with Crippen LogP contribution < -0.4 is 5.32 Å². The molecule has 9 heteroatoms. The molecule has 3 rings (SSSR count). The van der Waals surface area contributed by atoms with E-state index < -0.39 is 35.2 Å². The molecule has 1 amide bonds. The van der Waals surface area contributed by atoms with E-state index in [1.807, 2.05) is 20.2 Å². The average Bonchev–Trinajstić information content (AvgIpc) is 2.87. The lowest BCUT2D eigenvalue weighted by molar-refractivity contribution is -0.149. The number of nitrogens with one attached hydrogen (secondary N) is 1. The maximum absolute atomic E-state index is 13.4. The highest BCUT2D eigenvalue weighted by Gasteiger charge is 2.48. The fraction of sp³-hybridized carbons (Fsp3) is 0.955. The van der Waals surface area contributed by atoms with Crippen LogP contribution in [0.1, 0.15) is 40.0 Å². The van der Waals surface area contributed by atoms with Gasteiger partial charge in [-0.15, -0.1) is 23.4 Å². The zero-order valence-corrected chi connectivity index (χ0v) is 20.8. The summed E-state index contributed by atoms with van der Waals surface area (Å²) < 4.78 is 12.2. The number of carbonyl (C=O) groups is 1. The predicted molar refractivity (Wildman–Crippen MR) is 123 cm³/mol. The molecule has 3 aliphatic heterocycles. The van der Waals surface area contributed by atoms with Crippen molar-refractivity contribution in [2.24, 2.45) is 17.8 Å². The highest BCUT2D eigenvalue weighted by molar-refractivity contribution is 7.99. The third kappa shape index (κ3) is 5.70. The van der Waals surface area contributed by atoms with Gasteiger partial charge in [0.05, 0.1) is 29.7 Å². The van der Waals surface area contributed by atoms with E-state index in [1.54, 1.807) is 0 Å². The molecular formula is C22H39ClN2O5S. The minimum absolute atomic E-state index is 0.111. The first-order valence-corrected chi connectivity index (χ1v) is 13.2.